The van der Waals surface area contributed by atoms with Crippen LogP contribution in [0, 0.1) is 5.21 Å². The molecule has 3 rings (SSSR count). The molecule has 1 aliphatic rings. The molecule has 27 heavy (non-hydrogen) atoms. The molecule has 0 radical (unpaired) electrons. The van der Waals surface area contributed by atoms with Crippen LogP contribution in [-0.2, 0) is 16.6 Å². The minimum absolute atomic E-state index is 0.124. The largest absolute Gasteiger partial charge is 0.633 e. The Labute approximate surface area is 162 Å². The highest BCUT2D eigenvalue weighted by molar-refractivity contribution is 7.87. The molecule has 0 aliphatic carbocycles. The summed E-state index contributed by atoms with van der Waals surface area (Å²) in [5.74, 6) is -0.362. The Hall–Kier alpha value is -1.69. The van der Waals surface area contributed by atoms with Crippen LogP contribution in [-0.4, -0.2) is 67.4 Å². The van der Waals surface area contributed by atoms with Crippen molar-refractivity contribution in [1.82, 2.24) is 14.0 Å². The maximum absolute atomic E-state index is 12.8. The zero-order valence-corrected chi connectivity index (χ0v) is 16.6. The van der Waals surface area contributed by atoms with Gasteiger partial charge < -0.3 is 9.85 Å². The summed E-state index contributed by atoms with van der Waals surface area (Å²) >= 11 is 1.18. The van der Waals surface area contributed by atoms with Crippen molar-refractivity contribution in [1.29, 1.82) is 0 Å². The molecular formula is C17H22N4O4S2. The van der Waals surface area contributed by atoms with Gasteiger partial charge in [-0.1, -0.05) is 30.3 Å². The van der Waals surface area contributed by atoms with Crippen LogP contribution in [0.15, 0.2) is 41.9 Å². The third-order valence-electron chi connectivity index (χ3n) is 4.52. The van der Waals surface area contributed by atoms with Gasteiger partial charge in [0.2, 0.25) is 5.78 Å². The fourth-order valence-electron chi connectivity index (χ4n) is 2.90. The Morgan fingerprint density at radius 2 is 2.00 bits per heavy atom. The van der Waals surface area contributed by atoms with E-state index in [9.17, 15) is 18.4 Å². The quantitative estimate of drug-likeness (QED) is 0.417. The highest BCUT2D eigenvalue weighted by Gasteiger charge is 2.34. The number of ketones is 1. The van der Waals surface area contributed by atoms with Crippen molar-refractivity contribution in [3.63, 3.8) is 0 Å². The predicted octanol–water partition coefficient (Wildman–Crippen LogP) is 1.03. The fourth-order valence-corrected chi connectivity index (χ4v) is 4.87. The molecule has 146 valence electrons. The number of benzene rings is 1. The number of hydrogen-bond donors (Lipinski definition) is 1. The van der Waals surface area contributed by atoms with E-state index in [1.165, 1.54) is 28.9 Å². The Kier molecular flexibility index (Phi) is 6.04. The Bertz CT molecular complexity index is 860. The second kappa shape index (κ2) is 8.13. The first-order chi connectivity index (χ1) is 12.8. The van der Waals surface area contributed by atoms with Crippen LogP contribution in [0.2, 0.25) is 0 Å². The van der Waals surface area contributed by atoms with E-state index in [-0.39, 0.29) is 43.4 Å². The number of Topliss-reactive ketones (excluding diaryl/α,β-unsaturated/α-hetero) is 1. The van der Waals surface area contributed by atoms with Crippen molar-refractivity contribution in [2.45, 2.75) is 12.5 Å². The second-order valence-electron chi connectivity index (χ2n) is 6.71. The van der Waals surface area contributed by atoms with E-state index in [1.54, 1.807) is 5.38 Å². The third-order valence-corrected chi connectivity index (χ3v) is 6.93. The van der Waals surface area contributed by atoms with Crippen LogP contribution < -0.4 is 4.72 Å². The molecule has 2 aromatic rings. The first-order valence-corrected chi connectivity index (χ1v) is 10.9. The number of quaternary nitrogens is 1. The van der Waals surface area contributed by atoms with Crippen molar-refractivity contribution in [3.8, 4) is 0 Å². The molecule has 1 saturated heterocycles. The average molecular weight is 411 g/mol. The highest BCUT2D eigenvalue weighted by atomic mass is 32.2. The molecule has 0 spiro atoms. The van der Waals surface area contributed by atoms with Crippen LogP contribution in [0.3, 0.4) is 0 Å². The summed E-state index contributed by atoms with van der Waals surface area (Å²) in [4.78, 5) is 16.8. The summed E-state index contributed by atoms with van der Waals surface area (Å²) in [5, 5.41) is 13.9. The summed E-state index contributed by atoms with van der Waals surface area (Å²) in [6.45, 7) is 0.618. The van der Waals surface area contributed by atoms with Gasteiger partial charge in [-0.05, 0) is 12.0 Å². The average Bonchev–Trinajstić information content (AvgIpc) is 3.15. The van der Waals surface area contributed by atoms with E-state index in [1.807, 2.05) is 30.3 Å². The lowest BCUT2D eigenvalue weighted by atomic mass is 10.0. The van der Waals surface area contributed by atoms with Crippen LogP contribution in [0.25, 0.3) is 0 Å². The standard InChI is InChI=1S/C17H22N4O4S2/c1-21(23)10-8-20(9-11-21)27(24,25)19-15(13-14-5-3-2-4-6-14)16(22)17-18-7-12-26-17/h2-7,12,15,19H,8-11,13H2,1H3/t15-/m0/s1. The zero-order chi connectivity index (χ0) is 19.5. The number of carbonyl (C=O) groups is 1. The summed E-state index contributed by atoms with van der Waals surface area (Å²) in [6.07, 6.45) is 1.74. The number of nitrogens with one attached hydrogen (secondary N) is 1. The smallest absolute Gasteiger partial charge is 0.280 e. The van der Waals surface area contributed by atoms with E-state index >= 15 is 0 Å². The van der Waals surface area contributed by atoms with Gasteiger partial charge in [-0.15, -0.1) is 11.3 Å². The second-order valence-corrected chi connectivity index (χ2v) is 9.31. The normalized spacial score (nSPS) is 18.9. The molecule has 1 atom stereocenters. The zero-order valence-electron chi connectivity index (χ0n) is 14.9. The van der Waals surface area contributed by atoms with Crippen LogP contribution in [0.1, 0.15) is 15.4 Å². The van der Waals surface area contributed by atoms with E-state index in [4.69, 9.17) is 0 Å². The summed E-state index contributed by atoms with van der Waals surface area (Å²) < 4.78 is 28.9. The number of piperazine rings is 1. The molecule has 1 aliphatic heterocycles. The minimum atomic E-state index is -3.90. The van der Waals surface area contributed by atoms with Gasteiger partial charge >= 0.3 is 0 Å². The SMILES string of the molecule is C[N+]1([O-])CCN(S(=O)(=O)N[C@@H](Cc2ccccc2)C(=O)c2nccs2)CC1. The molecule has 10 heteroatoms. The molecular weight excluding hydrogens is 388 g/mol. The van der Waals surface area contributed by atoms with Crippen molar-refractivity contribution >= 4 is 27.3 Å². The highest BCUT2D eigenvalue weighted by Crippen LogP contribution is 2.15. The third kappa shape index (κ3) is 5.18. The molecule has 1 fully saturated rings. The number of carbonyl (C=O) groups excluding carboxylic acids is 1. The maximum atomic E-state index is 12.8. The van der Waals surface area contributed by atoms with E-state index < -0.39 is 20.9 Å². The van der Waals surface area contributed by atoms with Gasteiger partial charge in [-0.2, -0.15) is 17.4 Å². The van der Waals surface area contributed by atoms with Crippen LogP contribution in [0.5, 0.6) is 0 Å². The molecule has 1 aromatic carbocycles. The van der Waals surface area contributed by atoms with Gasteiger partial charge in [-0.25, -0.2) is 4.98 Å². The monoisotopic (exact) mass is 410 g/mol. The van der Waals surface area contributed by atoms with Crippen LogP contribution >= 0.6 is 11.3 Å². The van der Waals surface area contributed by atoms with Crippen molar-refractivity contribution in [2.75, 3.05) is 33.2 Å². The lowest BCUT2D eigenvalue weighted by molar-refractivity contribution is -0.864. The Balaban J connectivity index is 1.79. The first kappa shape index (κ1) is 20.1. The maximum Gasteiger partial charge on any atom is 0.280 e. The van der Waals surface area contributed by atoms with Gasteiger partial charge in [0.1, 0.15) is 0 Å². The molecule has 0 bridgehead atoms. The number of rotatable bonds is 7. The van der Waals surface area contributed by atoms with Gasteiger partial charge in [-0.3, -0.25) is 4.79 Å². The van der Waals surface area contributed by atoms with E-state index in [0.29, 0.717) is 0 Å². The number of hydroxylamine groups is 3. The summed E-state index contributed by atoms with van der Waals surface area (Å²) in [6, 6.07) is 8.27. The summed E-state index contributed by atoms with van der Waals surface area (Å²) in [7, 11) is -2.37. The van der Waals surface area contributed by atoms with Gasteiger partial charge in [0.05, 0.1) is 39.3 Å². The van der Waals surface area contributed by atoms with Crippen molar-refractivity contribution in [3.05, 3.63) is 57.7 Å². The van der Waals surface area contributed by atoms with Gasteiger partial charge in [0, 0.05) is 11.6 Å². The number of aromatic nitrogens is 1. The van der Waals surface area contributed by atoms with Gasteiger partial charge in [0.25, 0.3) is 10.2 Å². The lowest BCUT2D eigenvalue weighted by Crippen LogP contribution is -2.58. The number of likely N-dealkylation sites (N-methyl/N-ethyl adjacent to an activating group) is 1. The Morgan fingerprint density at radius 1 is 1.33 bits per heavy atom. The molecule has 0 saturated carbocycles. The molecule has 1 N–H and O–H groups in total. The molecule has 0 amide bonds. The number of thiazole rings is 1. The summed E-state index contributed by atoms with van der Waals surface area (Å²) in [5.41, 5.74) is 0.845. The van der Waals surface area contributed by atoms with Crippen LogP contribution in [0.4, 0.5) is 0 Å². The molecule has 2 heterocycles. The molecule has 8 nitrogen and oxygen atoms in total. The predicted molar refractivity (Wildman–Crippen MR) is 103 cm³/mol. The Morgan fingerprint density at radius 3 is 2.59 bits per heavy atom. The molecule has 0 unspecified atom stereocenters. The lowest BCUT2D eigenvalue weighted by Gasteiger charge is -2.44. The topological polar surface area (TPSA) is 102 Å². The first-order valence-electron chi connectivity index (χ1n) is 8.57. The van der Waals surface area contributed by atoms with Crippen molar-refractivity contribution < 1.29 is 17.9 Å². The number of hydrogen-bond acceptors (Lipinski definition) is 6. The van der Waals surface area contributed by atoms with Crippen molar-refractivity contribution in [2.24, 2.45) is 0 Å². The molecule has 1 aromatic heterocycles. The van der Waals surface area contributed by atoms with E-state index in [0.717, 1.165) is 5.56 Å². The number of nitrogens with zero attached hydrogens (tertiary/aromatic N) is 3. The van der Waals surface area contributed by atoms with Gasteiger partial charge in [0.15, 0.2) is 5.01 Å². The van der Waals surface area contributed by atoms with E-state index in [2.05, 4.69) is 9.71 Å². The minimum Gasteiger partial charge on any atom is -0.633 e. The fraction of sp³-hybridized carbons (Fsp3) is 0.412.